The van der Waals surface area contributed by atoms with Crippen LogP contribution in [0.15, 0.2) is 29.2 Å². The molecule has 2 aromatic heterocycles. The van der Waals surface area contributed by atoms with Crippen LogP contribution in [0.25, 0.3) is 11.0 Å². The van der Waals surface area contributed by atoms with Gasteiger partial charge in [-0.2, -0.15) is 0 Å². The van der Waals surface area contributed by atoms with Crippen LogP contribution >= 0.6 is 0 Å². The van der Waals surface area contributed by atoms with E-state index in [0.29, 0.717) is 38.0 Å². The number of amides is 1. The van der Waals surface area contributed by atoms with Crippen LogP contribution in [0.4, 0.5) is 0 Å². The number of aromatic nitrogens is 2. The van der Waals surface area contributed by atoms with Gasteiger partial charge in [0, 0.05) is 37.3 Å². The number of carbonyl (C=O) groups excluding carboxylic acids is 1. The zero-order valence-electron chi connectivity index (χ0n) is 13.1. The van der Waals surface area contributed by atoms with Gasteiger partial charge in [-0.05, 0) is 25.1 Å². The van der Waals surface area contributed by atoms with E-state index in [-0.39, 0.29) is 11.1 Å². The molecule has 3 rings (SSSR count). The number of pyridine rings is 2. The molecule has 2 aromatic rings. The summed E-state index contributed by atoms with van der Waals surface area (Å²) in [7, 11) is 0. The topological polar surface area (TPSA) is 90.5 Å². The van der Waals surface area contributed by atoms with Gasteiger partial charge in [-0.1, -0.05) is 0 Å². The standard InChI is InChI=1S/C16H20N4O3/c1-11-10-23-8-7-19(11)5-6-20-15-12(3-2-4-18-15)9-13(14(17)21)16(20)22/h2-4,9,11H,5-8,10H2,1H3,(H2,17,21)/t11-/m1/s1. The molecule has 0 aliphatic carbocycles. The number of morpholine rings is 1. The van der Waals surface area contributed by atoms with Crippen molar-refractivity contribution in [2.24, 2.45) is 5.73 Å². The van der Waals surface area contributed by atoms with E-state index in [2.05, 4.69) is 16.8 Å². The minimum absolute atomic E-state index is 0.000487. The molecule has 0 saturated carbocycles. The summed E-state index contributed by atoms with van der Waals surface area (Å²) in [4.78, 5) is 30.7. The normalized spacial score (nSPS) is 19.1. The zero-order valence-corrected chi connectivity index (χ0v) is 13.1. The van der Waals surface area contributed by atoms with Crippen LogP contribution in [0.2, 0.25) is 0 Å². The fourth-order valence-corrected chi connectivity index (χ4v) is 2.91. The number of nitrogens with zero attached hydrogens (tertiary/aromatic N) is 3. The number of carbonyl (C=O) groups is 1. The summed E-state index contributed by atoms with van der Waals surface area (Å²) in [6.45, 7) is 5.46. The largest absolute Gasteiger partial charge is 0.379 e. The van der Waals surface area contributed by atoms with E-state index in [1.807, 2.05) is 6.07 Å². The van der Waals surface area contributed by atoms with Gasteiger partial charge in [0.1, 0.15) is 11.2 Å². The van der Waals surface area contributed by atoms with E-state index in [1.165, 1.54) is 10.6 Å². The molecule has 0 aromatic carbocycles. The first kappa shape index (κ1) is 15.6. The van der Waals surface area contributed by atoms with E-state index < -0.39 is 5.91 Å². The molecule has 0 radical (unpaired) electrons. The molecule has 23 heavy (non-hydrogen) atoms. The van der Waals surface area contributed by atoms with E-state index in [4.69, 9.17) is 10.5 Å². The summed E-state index contributed by atoms with van der Waals surface area (Å²) < 4.78 is 6.96. The van der Waals surface area contributed by atoms with Crippen molar-refractivity contribution in [1.82, 2.24) is 14.5 Å². The third kappa shape index (κ3) is 3.11. The van der Waals surface area contributed by atoms with Crippen LogP contribution in [-0.4, -0.2) is 52.7 Å². The van der Waals surface area contributed by atoms with Crippen LogP contribution in [-0.2, 0) is 11.3 Å². The van der Waals surface area contributed by atoms with Crippen molar-refractivity contribution < 1.29 is 9.53 Å². The molecule has 7 heteroatoms. The summed E-state index contributed by atoms with van der Waals surface area (Å²) >= 11 is 0. The van der Waals surface area contributed by atoms with Gasteiger partial charge in [-0.25, -0.2) is 4.98 Å². The quantitative estimate of drug-likeness (QED) is 0.871. The second kappa shape index (κ2) is 6.47. The lowest BCUT2D eigenvalue weighted by molar-refractivity contribution is -0.00163. The summed E-state index contributed by atoms with van der Waals surface area (Å²) in [5.41, 5.74) is 5.52. The van der Waals surface area contributed by atoms with Gasteiger partial charge in [0.2, 0.25) is 0 Å². The minimum Gasteiger partial charge on any atom is -0.379 e. The Morgan fingerprint density at radius 3 is 3.04 bits per heavy atom. The van der Waals surface area contributed by atoms with Crippen molar-refractivity contribution >= 4 is 16.9 Å². The van der Waals surface area contributed by atoms with Gasteiger partial charge in [0.25, 0.3) is 11.5 Å². The summed E-state index contributed by atoms with van der Waals surface area (Å²) in [5, 5.41) is 0.732. The molecular formula is C16H20N4O3. The van der Waals surface area contributed by atoms with Crippen molar-refractivity contribution in [2.45, 2.75) is 19.5 Å². The number of fused-ring (bicyclic) bond motifs is 1. The highest BCUT2D eigenvalue weighted by Gasteiger charge is 2.20. The third-order valence-electron chi connectivity index (χ3n) is 4.23. The Labute approximate surface area is 133 Å². The van der Waals surface area contributed by atoms with Crippen LogP contribution in [0.5, 0.6) is 0 Å². The Morgan fingerprint density at radius 1 is 1.48 bits per heavy atom. The van der Waals surface area contributed by atoms with E-state index in [9.17, 15) is 9.59 Å². The molecule has 1 saturated heterocycles. The molecule has 1 amide bonds. The minimum atomic E-state index is -0.714. The average Bonchev–Trinajstić information content (AvgIpc) is 2.54. The van der Waals surface area contributed by atoms with E-state index in [1.54, 1.807) is 12.3 Å². The van der Waals surface area contributed by atoms with Gasteiger partial charge >= 0.3 is 0 Å². The van der Waals surface area contributed by atoms with Gasteiger partial charge < -0.3 is 10.5 Å². The predicted octanol–water partition coefficient (Wildman–Crippen LogP) is 0.216. The second-order valence-electron chi connectivity index (χ2n) is 5.76. The molecule has 7 nitrogen and oxygen atoms in total. The van der Waals surface area contributed by atoms with Gasteiger partial charge in [0.05, 0.1) is 13.2 Å². The molecule has 2 N–H and O–H groups in total. The fraction of sp³-hybridized carbons (Fsp3) is 0.438. The number of rotatable bonds is 4. The molecule has 122 valence electrons. The third-order valence-corrected chi connectivity index (χ3v) is 4.23. The molecule has 3 heterocycles. The highest BCUT2D eigenvalue weighted by Crippen LogP contribution is 2.12. The van der Waals surface area contributed by atoms with Gasteiger partial charge in [-0.3, -0.25) is 19.1 Å². The van der Waals surface area contributed by atoms with Crippen molar-refractivity contribution in [3.63, 3.8) is 0 Å². The molecule has 0 unspecified atom stereocenters. The number of primary amides is 1. The SMILES string of the molecule is C[C@@H]1COCCN1CCn1c(=O)c(C(N)=O)cc2cccnc21. The Kier molecular flexibility index (Phi) is 4.40. The maximum absolute atomic E-state index is 12.6. The molecule has 1 aliphatic rings. The Morgan fingerprint density at radius 2 is 2.30 bits per heavy atom. The van der Waals surface area contributed by atoms with Gasteiger partial charge in [-0.15, -0.1) is 0 Å². The highest BCUT2D eigenvalue weighted by molar-refractivity contribution is 5.95. The van der Waals surface area contributed by atoms with Crippen LogP contribution in [0.3, 0.4) is 0 Å². The average molecular weight is 316 g/mol. The fourth-order valence-electron chi connectivity index (χ4n) is 2.91. The highest BCUT2D eigenvalue weighted by atomic mass is 16.5. The Hall–Kier alpha value is -2.25. The lowest BCUT2D eigenvalue weighted by atomic mass is 10.2. The smallest absolute Gasteiger partial charge is 0.265 e. The zero-order chi connectivity index (χ0) is 16.4. The molecule has 0 bridgehead atoms. The molecule has 0 spiro atoms. The maximum atomic E-state index is 12.6. The lowest BCUT2D eigenvalue weighted by Gasteiger charge is -2.33. The van der Waals surface area contributed by atoms with Crippen LogP contribution in [0.1, 0.15) is 17.3 Å². The van der Waals surface area contributed by atoms with Crippen molar-refractivity contribution in [3.8, 4) is 0 Å². The molecule has 1 atom stereocenters. The number of hydrogen-bond acceptors (Lipinski definition) is 5. The number of hydrogen-bond donors (Lipinski definition) is 1. The van der Waals surface area contributed by atoms with Crippen LogP contribution < -0.4 is 11.3 Å². The van der Waals surface area contributed by atoms with Crippen LogP contribution in [0, 0.1) is 0 Å². The first-order valence-electron chi connectivity index (χ1n) is 7.68. The number of ether oxygens (including phenoxy) is 1. The van der Waals surface area contributed by atoms with Crippen molar-refractivity contribution in [1.29, 1.82) is 0 Å². The first-order chi connectivity index (χ1) is 11.1. The summed E-state index contributed by atoms with van der Waals surface area (Å²) in [5.74, 6) is -0.714. The Balaban J connectivity index is 1.96. The first-order valence-corrected chi connectivity index (χ1v) is 7.68. The van der Waals surface area contributed by atoms with E-state index >= 15 is 0 Å². The monoisotopic (exact) mass is 316 g/mol. The van der Waals surface area contributed by atoms with Crippen molar-refractivity contribution in [2.75, 3.05) is 26.3 Å². The molecule has 1 fully saturated rings. The summed E-state index contributed by atoms with van der Waals surface area (Å²) in [6, 6.07) is 5.41. The van der Waals surface area contributed by atoms with Crippen molar-refractivity contribution in [3.05, 3.63) is 40.3 Å². The lowest BCUT2D eigenvalue weighted by Crippen LogP contribution is -2.45. The Bertz CT molecular complexity index is 786. The van der Waals surface area contributed by atoms with Gasteiger partial charge in [0.15, 0.2) is 0 Å². The molecule has 1 aliphatic heterocycles. The summed E-state index contributed by atoms with van der Waals surface area (Å²) in [6.07, 6.45) is 1.64. The maximum Gasteiger partial charge on any atom is 0.265 e. The molecular weight excluding hydrogens is 296 g/mol. The predicted molar refractivity (Wildman–Crippen MR) is 86.4 cm³/mol. The number of nitrogens with two attached hydrogens (primary N) is 1. The van der Waals surface area contributed by atoms with E-state index in [0.717, 1.165) is 11.9 Å². The second-order valence-corrected chi connectivity index (χ2v) is 5.76.